The third-order valence-corrected chi connectivity index (χ3v) is 6.85. The van der Waals surface area contributed by atoms with Crippen LogP contribution in [0.1, 0.15) is 25.7 Å². The Kier molecular flexibility index (Phi) is 5.74. The molecule has 2 saturated heterocycles. The fourth-order valence-corrected chi connectivity index (χ4v) is 4.93. The summed E-state index contributed by atoms with van der Waals surface area (Å²) < 4.78 is 7.56. The molecule has 0 spiro atoms. The fraction of sp³-hybridized carbons (Fsp3) is 0.440. The number of aromatic nitrogens is 3. The van der Waals surface area contributed by atoms with Crippen molar-refractivity contribution in [1.29, 1.82) is 0 Å². The van der Waals surface area contributed by atoms with Crippen molar-refractivity contribution in [2.24, 2.45) is 13.0 Å². The van der Waals surface area contributed by atoms with E-state index in [9.17, 15) is 0 Å². The summed E-state index contributed by atoms with van der Waals surface area (Å²) in [6.45, 7) is 8.48. The first-order chi connectivity index (χ1) is 15.2. The molecule has 0 radical (unpaired) electrons. The first-order valence-electron chi connectivity index (χ1n) is 11.3. The van der Waals surface area contributed by atoms with Crippen molar-refractivity contribution in [3.05, 3.63) is 55.3 Å². The molecule has 0 aliphatic carbocycles. The van der Waals surface area contributed by atoms with Gasteiger partial charge in [-0.3, -0.25) is 0 Å². The molecule has 4 heterocycles. The van der Waals surface area contributed by atoms with Crippen LogP contribution in [0.2, 0.25) is 0 Å². The lowest BCUT2D eigenvalue weighted by Crippen LogP contribution is -2.44. The van der Waals surface area contributed by atoms with E-state index in [4.69, 9.17) is 4.74 Å². The molecule has 2 fully saturated rings. The van der Waals surface area contributed by atoms with Crippen molar-refractivity contribution in [3.63, 3.8) is 0 Å². The lowest BCUT2D eigenvalue weighted by atomic mass is 9.92. The SMILES string of the molecule is C=C(Nc1cc2cc(-c3cncn3C)ccc2cn1)C1CCN(C2CCOCC2)CC1. The number of nitrogens with one attached hydrogen (secondary N) is 1. The number of pyridine rings is 1. The van der Waals surface area contributed by atoms with Gasteiger partial charge in [-0.25, -0.2) is 9.97 Å². The second kappa shape index (κ2) is 8.81. The Balaban J connectivity index is 1.24. The molecule has 6 heteroatoms. The van der Waals surface area contributed by atoms with Crippen LogP contribution in [0, 0.1) is 5.92 Å². The van der Waals surface area contributed by atoms with Gasteiger partial charge in [0.15, 0.2) is 0 Å². The van der Waals surface area contributed by atoms with Gasteiger partial charge in [-0.1, -0.05) is 18.7 Å². The molecule has 2 aromatic heterocycles. The normalized spacial score (nSPS) is 19.0. The maximum Gasteiger partial charge on any atom is 0.130 e. The summed E-state index contributed by atoms with van der Waals surface area (Å²) in [6.07, 6.45) is 10.3. The van der Waals surface area contributed by atoms with Crippen LogP contribution in [0.25, 0.3) is 22.0 Å². The number of aryl methyl sites for hydroxylation is 1. The molecule has 0 atom stereocenters. The highest BCUT2D eigenvalue weighted by Crippen LogP contribution is 2.29. The van der Waals surface area contributed by atoms with Crippen LogP contribution < -0.4 is 5.32 Å². The number of ether oxygens (including phenoxy) is 1. The number of fused-ring (bicyclic) bond motifs is 1. The van der Waals surface area contributed by atoms with Crippen LogP contribution in [0.4, 0.5) is 5.82 Å². The lowest BCUT2D eigenvalue weighted by molar-refractivity contribution is 0.0232. The van der Waals surface area contributed by atoms with Gasteiger partial charge in [-0.05, 0) is 56.3 Å². The number of rotatable bonds is 5. The molecule has 0 amide bonds. The van der Waals surface area contributed by atoms with Crippen molar-refractivity contribution < 1.29 is 4.74 Å². The van der Waals surface area contributed by atoms with Gasteiger partial charge in [0.2, 0.25) is 0 Å². The van der Waals surface area contributed by atoms with Crippen molar-refractivity contribution in [2.75, 3.05) is 31.6 Å². The maximum absolute atomic E-state index is 5.52. The van der Waals surface area contributed by atoms with Crippen LogP contribution in [0.3, 0.4) is 0 Å². The summed E-state index contributed by atoms with van der Waals surface area (Å²) in [5, 5.41) is 5.80. The number of anilines is 1. The molecule has 0 unspecified atom stereocenters. The first kappa shape index (κ1) is 20.2. The number of nitrogens with zero attached hydrogens (tertiary/aromatic N) is 4. The summed E-state index contributed by atoms with van der Waals surface area (Å²) in [4.78, 5) is 11.5. The standard InChI is InChI=1S/C25H31N5O/c1-18(19-5-9-30(10-6-19)23-7-11-31-12-8-23)28-25-14-22-13-20(3-4-21(22)15-27-25)24-16-26-17-29(24)2/h3-4,13-17,19,23H,1,5-12H2,2H3,(H,27,28). The molecule has 2 aliphatic heterocycles. The predicted octanol–water partition coefficient (Wildman–Crippen LogP) is 4.45. The van der Waals surface area contributed by atoms with E-state index in [1.807, 2.05) is 30.3 Å². The number of hydrogen-bond acceptors (Lipinski definition) is 5. The van der Waals surface area contributed by atoms with Crippen molar-refractivity contribution in [1.82, 2.24) is 19.4 Å². The van der Waals surface area contributed by atoms with Gasteiger partial charge in [0.1, 0.15) is 5.82 Å². The largest absolute Gasteiger partial charge is 0.381 e. The molecule has 6 nitrogen and oxygen atoms in total. The van der Waals surface area contributed by atoms with E-state index in [-0.39, 0.29) is 0 Å². The molecule has 31 heavy (non-hydrogen) atoms. The number of likely N-dealkylation sites (tertiary alicyclic amines) is 1. The number of benzene rings is 1. The molecule has 162 valence electrons. The zero-order chi connectivity index (χ0) is 21.2. The van der Waals surface area contributed by atoms with Gasteiger partial charge in [0.25, 0.3) is 0 Å². The van der Waals surface area contributed by atoms with Gasteiger partial charge >= 0.3 is 0 Å². The molecular weight excluding hydrogens is 386 g/mol. The number of hydrogen-bond donors (Lipinski definition) is 1. The quantitative estimate of drug-likeness (QED) is 0.665. The van der Waals surface area contributed by atoms with Crippen LogP contribution in [0.5, 0.6) is 0 Å². The van der Waals surface area contributed by atoms with E-state index in [1.165, 1.54) is 18.2 Å². The Bertz CT molecular complexity index is 1060. The van der Waals surface area contributed by atoms with Gasteiger partial charge in [0.05, 0.1) is 18.2 Å². The average molecular weight is 418 g/mol. The molecule has 5 rings (SSSR count). The van der Waals surface area contributed by atoms with E-state index in [1.54, 1.807) is 0 Å². The Morgan fingerprint density at radius 2 is 1.87 bits per heavy atom. The zero-order valence-electron chi connectivity index (χ0n) is 18.3. The van der Waals surface area contributed by atoms with E-state index in [2.05, 4.69) is 51.0 Å². The fourth-order valence-electron chi connectivity index (χ4n) is 4.93. The molecule has 0 saturated carbocycles. The highest BCUT2D eigenvalue weighted by molar-refractivity contribution is 5.88. The van der Waals surface area contributed by atoms with E-state index < -0.39 is 0 Å². The van der Waals surface area contributed by atoms with Crippen LogP contribution >= 0.6 is 0 Å². The monoisotopic (exact) mass is 417 g/mol. The summed E-state index contributed by atoms with van der Waals surface area (Å²) in [5.74, 6) is 1.36. The average Bonchev–Trinajstić information content (AvgIpc) is 3.25. The summed E-state index contributed by atoms with van der Waals surface area (Å²) >= 11 is 0. The van der Waals surface area contributed by atoms with Gasteiger partial charge in [0, 0.05) is 55.1 Å². The Labute approximate surface area is 183 Å². The number of allylic oxidation sites excluding steroid dienone is 1. The van der Waals surface area contributed by atoms with Gasteiger partial charge in [-0.2, -0.15) is 0 Å². The summed E-state index contributed by atoms with van der Waals surface area (Å²) in [6, 6.07) is 9.27. The minimum absolute atomic E-state index is 0.495. The maximum atomic E-state index is 5.52. The topological polar surface area (TPSA) is 55.2 Å². The Morgan fingerprint density at radius 1 is 1.06 bits per heavy atom. The molecule has 1 N–H and O–H groups in total. The lowest BCUT2D eigenvalue weighted by Gasteiger charge is -2.39. The predicted molar refractivity (Wildman–Crippen MR) is 125 cm³/mol. The Morgan fingerprint density at radius 3 is 2.61 bits per heavy atom. The van der Waals surface area contributed by atoms with Crippen LogP contribution in [-0.2, 0) is 11.8 Å². The van der Waals surface area contributed by atoms with E-state index in [0.29, 0.717) is 12.0 Å². The van der Waals surface area contributed by atoms with E-state index >= 15 is 0 Å². The Hall–Kier alpha value is -2.70. The first-order valence-corrected chi connectivity index (χ1v) is 11.3. The van der Waals surface area contributed by atoms with Crippen LogP contribution in [0.15, 0.2) is 55.3 Å². The third kappa shape index (κ3) is 4.36. The zero-order valence-corrected chi connectivity index (χ0v) is 18.3. The second-order valence-electron chi connectivity index (χ2n) is 8.83. The van der Waals surface area contributed by atoms with Crippen molar-refractivity contribution >= 4 is 16.6 Å². The van der Waals surface area contributed by atoms with Crippen LogP contribution in [-0.4, -0.2) is 51.8 Å². The molecule has 3 aromatic rings. The molecular formula is C25H31N5O. The van der Waals surface area contributed by atoms with Crippen molar-refractivity contribution in [3.8, 4) is 11.3 Å². The molecule has 1 aromatic carbocycles. The smallest absolute Gasteiger partial charge is 0.130 e. The summed E-state index contributed by atoms with van der Waals surface area (Å²) in [5.41, 5.74) is 3.35. The minimum Gasteiger partial charge on any atom is -0.381 e. The van der Waals surface area contributed by atoms with Crippen molar-refractivity contribution in [2.45, 2.75) is 31.7 Å². The number of imidazole rings is 1. The van der Waals surface area contributed by atoms with Gasteiger partial charge in [-0.15, -0.1) is 0 Å². The molecule has 2 aliphatic rings. The van der Waals surface area contributed by atoms with Gasteiger partial charge < -0.3 is 19.5 Å². The molecule has 0 bridgehead atoms. The summed E-state index contributed by atoms with van der Waals surface area (Å²) in [7, 11) is 2.02. The van der Waals surface area contributed by atoms with E-state index in [0.717, 1.165) is 67.3 Å². The third-order valence-electron chi connectivity index (χ3n) is 6.85. The number of piperidine rings is 1. The highest BCUT2D eigenvalue weighted by atomic mass is 16.5. The highest BCUT2D eigenvalue weighted by Gasteiger charge is 2.27. The second-order valence-corrected chi connectivity index (χ2v) is 8.83. The minimum atomic E-state index is 0.495.